The summed E-state index contributed by atoms with van der Waals surface area (Å²) in [7, 11) is 1.35. The molecule has 1 amide bonds. The van der Waals surface area contributed by atoms with Gasteiger partial charge in [-0.1, -0.05) is 25.1 Å². The number of anilines is 1. The van der Waals surface area contributed by atoms with Gasteiger partial charge in [0, 0.05) is 11.3 Å². The van der Waals surface area contributed by atoms with Crippen molar-refractivity contribution in [2.24, 2.45) is 5.10 Å². The van der Waals surface area contributed by atoms with Crippen LogP contribution in [0.25, 0.3) is 0 Å². The smallest absolute Gasteiger partial charge is 0.315 e. The zero-order valence-electron chi connectivity index (χ0n) is 14.9. The summed E-state index contributed by atoms with van der Waals surface area (Å²) < 4.78 is 4.98. The van der Waals surface area contributed by atoms with Gasteiger partial charge in [-0.15, -0.1) is 0 Å². The number of para-hydroxylation sites is 1. The van der Waals surface area contributed by atoms with E-state index in [0.29, 0.717) is 6.42 Å². The van der Waals surface area contributed by atoms with Crippen LogP contribution in [0.1, 0.15) is 18.9 Å². The molecule has 0 aliphatic rings. The van der Waals surface area contributed by atoms with Gasteiger partial charge in [0.1, 0.15) is 11.8 Å². The maximum atomic E-state index is 12.3. The lowest BCUT2D eigenvalue weighted by molar-refractivity contribution is -0.385. The van der Waals surface area contributed by atoms with E-state index in [-0.39, 0.29) is 17.2 Å². The number of benzene rings is 2. The van der Waals surface area contributed by atoms with Gasteiger partial charge in [0.15, 0.2) is 0 Å². The van der Waals surface area contributed by atoms with Gasteiger partial charge in [-0.25, -0.2) is 5.43 Å². The summed E-state index contributed by atoms with van der Waals surface area (Å²) in [4.78, 5) is 22.5. The predicted octanol–water partition coefficient (Wildman–Crippen LogP) is 2.65. The Morgan fingerprint density at radius 1 is 1.37 bits per heavy atom. The highest BCUT2D eigenvalue weighted by Crippen LogP contribution is 2.33. The van der Waals surface area contributed by atoms with Gasteiger partial charge < -0.3 is 15.2 Å². The molecule has 2 aromatic rings. The maximum Gasteiger partial charge on any atom is 0.315 e. The Bertz CT molecular complexity index is 839. The number of carbonyl (C=O) groups is 1. The van der Waals surface area contributed by atoms with E-state index in [9.17, 15) is 20.0 Å². The highest BCUT2D eigenvalue weighted by molar-refractivity contribution is 5.89. The molecule has 0 aliphatic heterocycles. The number of amides is 1. The van der Waals surface area contributed by atoms with Gasteiger partial charge in [-0.2, -0.15) is 5.10 Å². The number of hydrogen-bond donors (Lipinski definition) is 3. The van der Waals surface area contributed by atoms with Crippen LogP contribution >= 0.6 is 0 Å². The van der Waals surface area contributed by atoms with Crippen LogP contribution in [0.4, 0.5) is 11.4 Å². The first-order valence-electron chi connectivity index (χ1n) is 8.16. The van der Waals surface area contributed by atoms with Crippen LogP contribution in [0.2, 0.25) is 0 Å². The van der Waals surface area contributed by atoms with E-state index >= 15 is 0 Å². The molecule has 0 heterocycles. The van der Waals surface area contributed by atoms with Gasteiger partial charge in [0.25, 0.3) is 5.91 Å². The zero-order valence-corrected chi connectivity index (χ0v) is 14.9. The summed E-state index contributed by atoms with van der Waals surface area (Å²) in [6.07, 6.45) is 1.64. The van der Waals surface area contributed by atoms with Crippen LogP contribution in [0.15, 0.2) is 47.6 Å². The summed E-state index contributed by atoms with van der Waals surface area (Å²) >= 11 is 0. The molecule has 9 heteroatoms. The number of hydrogen-bond acceptors (Lipinski definition) is 7. The predicted molar refractivity (Wildman–Crippen MR) is 101 cm³/mol. The molecule has 9 nitrogen and oxygen atoms in total. The Morgan fingerprint density at radius 2 is 2.07 bits per heavy atom. The third-order valence-corrected chi connectivity index (χ3v) is 3.74. The molecule has 142 valence electrons. The first-order valence-corrected chi connectivity index (χ1v) is 8.16. The molecule has 0 saturated carbocycles. The number of phenolic OH excluding ortho intramolecular Hbond substituents is 1. The molecule has 0 spiro atoms. The fourth-order valence-corrected chi connectivity index (χ4v) is 2.30. The SMILES string of the molecule is CCC(Nc1ccccc1)C(=O)N/N=C/c1cc(OC)cc([N+](=O)[O-])c1O. The Hall–Kier alpha value is -3.62. The fourth-order valence-electron chi connectivity index (χ4n) is 2.30. The quantitative estimate of drug-likeness (QED) is 0.371. The van der Waals surface area contributed by atoms with Crippen molar-refractivity contribution < 1.29 is 19.6 Å². The van der Waals surface area contributed by atoms with E-state index in [1.807, 2.05) is 37.3 Å². The number of methoxy groups -OCH3 is 1. The van der Waals surface area contributed by atoms with E-state index in [1.165, 1.54) is 13.2 Å². The number of nitro benzene ring substituents is 1. The number of nitrogens with zero attached hydrogens (tertiary/aromatic N) is 2. The molecule has 27 heavy (non-hydrogen) atoms. The van der Waals surface area contributed by atoms with Crippen LogP contribution in [-0.2, 0) is 4.79 Å². The first-order chi connectivity index (χ1) is 13.0. The number of rotatable bonds is 8. The van der Waals surface area contributed by atoms with E-state index in [2.05, 4.69) is 15.8 Å². The largest absolute Gasteiger partial charge is 0.502 e. The topological polar surface area (TPSA) is 126 Å². The maximum absolute atomic E-state index is 12.3. The summed E-state index contributed by atoms with van der Waals surface area (Å²) in [6, 6.07) is 11.2. The van der Waals surface area contributed by atoms with Crippen LogP contribution in [0.5, 0.6) is 11.5 Å². The second-order valence-electron chi connectivity index (χ2n) is 5.55. The molecular weight excluding hydrogens is 352 g/mol. The van der Waals surface area contributed by atoms with Crippen molar-refractivity contribution in [2.75, 3.05) is 12.4 Å². The molecule has 1 unspecified atom stereocenters. The van der Waals surface area contributed by atoms with Crippen molar-refractivity contribution in [3.63, 3.8) is 0 Å². The fraction of sp³-hybridized carbons (Fsp3) is 0.222. The van der Waals surface area contributed by atoms with Crippen LogP contribution in [0, 0.1) is 10.1 Å². The lowest BCUT2D eigenvalue weighted by atomic mass is 10.1. The lowest BCUT2D eigenvalue weighted by Crippen LogP contribution is -2.36. The monoisotopic (exact) mass is 372 g/mol. The number of carbonyl (C=O) groups excluding carboxylic acids is 1. The number of phenols is 1. The highest BCUT2D eigenvalue weighted by atomic mass is 16.6. The van der Waals surface area contributed by atoms with Crippen molar-refractivity contribution in [1.29, 1.82) is 0 Å². The Labute approximate surface area is 155 Å². The molecule has 0 bridgehead atoms. The summed E-state index contributed by atoms with van der Waals surface area (Å²) in [5.74, 6) is -0.757. The molecule has 0 fully saturated rings. The molecule has 2 rings (SSSR count). The van der Waals surface area contributed by atoms with E-state index in [1.54, 1.807) is 0 Å². The van der Waals surface area contributed by atoms with Crippen molar-refractivity contribution in [2.45, 2.75) is 19.4 Å². The number of hydrazone groups is 1. The van der Waals surface area contributed by atoms with Crippen molar-refractivity contribution in [1.82, 2.24) is 5.43 Å². The van der Waals surface area contributed by atoms with Crippen molar-refractivity contribution in [3.05, 3.63) is 58.1 Å². The Kier molecular flexibility index (Phi) is 6.70. The zero-order chi connectivity index (χ0) is 19.8. The van der Waals surface area contributed by atoms with Crippen molar-refractivity contribution in [3.8, 4) is 11.5 Å². The molecule has 1 atom stereocenters. The Balaban J connectivity index is 2.10. The van der Waals surface area contributed by atoms with E-state index < -0.39 is 22.4 Å². The molecule has 0 aromatic heterocycles. The van der Waals surface area contributed by atoms with Gasteiger partial charge in [-0.05, 0) is 24.6 Å². The van der Waals surface area contributed by atoms with Gasteiger partial charge in [-0.3, -0.25) is 14.9 Å². The minimum absolute atomic E-state index is 0.0467. The number of nitrogens with one attached hydrogen (secondary N) is 2. The average molecular weight is 372 g/mol. The number of aromatic hydroxyl groups is 1. The second kappa shape index (κ2) is 9.18. The second-order valence-corrected chi connectivity index (χ2v) is 5.55. The third kappa shape index (κ3) is 5.18. The molecule has 3 N–H and O–H groups in total. The van der Waals surface area contributed by atoms with E-state index in [0.717, 1.165) is 18.0 Å². The van der Waals surface area contributed by atoms with Gasteiger partial charge >= 0.3 is 5.69 Å². The molecular formula is C18H20N4O5. The highest BCUT2D eigenvalue weighted by Gasteiger charge is 2.19. The number of ether oxygens (including phenoxy) is 1. The van der Waals surface area contributed by atoms with Crippen molar-refractivity contribution >= 4 is 23.5 Å². The molecule has 2 aromatic carbocycles. The van der Waals surface area contributed by atoms with Crippen LogP contribution in [-0.4, -0.2) is 35.3 Å². The van der Waals surface area contributed by atoms with Crippen LogP contribution < -0.4 is 15.5 Å². The normalized spacial score (nSPS) is 11.8. The Morgan fingerprint density at radius 3 is 2.67 bits per heavy atom. The van der Waals surface area contributed by atoms with Crippen LogP contribution in [0.3, 0.4) is 0 Å². The lowest BCUT2D eigenvalue weighted by Gasteiger charge is -2.16. The molecule has 0 radical (unpaired) electrons. The van der Waals surface area contributed by atoms with E-state index in [4.69, 9.17) is 4.74 Å². The van der Waals surface area contributed by atoms with Gasteiger partial charge in [0.05, 0.1) is 24.3 Å². The third-order valence-electron chi connectivity index (χ3n) is 3.74. The molecule has 0 aliphatic carbocycles. The molecule has 0 saturated heterocycles. The summed E-state index contributed by atoms with van der Waals surface area (Å²) in [5.41, 5.74) is 2.69. The minimum atomic E-state index is -0.731. The summed E-state index contributed by atoms with van der Waals surface area (Å²) in [5, 5.41) is 27.8. The minimum Gasteiger partial charge on any atom is -0.502 e. The standard InChI is InChI=1S/C18H20N4O5/c1-3-15(20-13-7-5-4-6-8-13)18(24)21-19-11-12-9-14(27-2)10-16(17(12)23)22(25)26/h4-11,15,20,23H,3H2,1-2H3,(H,21,24)/b19-11+. The average Bonchev–Trinajstić information content (AvgIpc) is 2.67. The van der Waals surface area contributed by atoms with Gasteiger partial charge in [0.2, 0.25) is 5.75 Å². The first kappa shape index (κ1) is 19.7. The number of nitro groups is 1. The summed E-state index contributed by atoms with van der Waals surface area (Å²) in [6.45, 7) is 1.85.